The molecule has 0 saturated carbocycles. The molecule has 0 rings (SSSR count). The predicted octanol–water partition coefficient (Wildman–Crippen LogP) is -0.291. The molecule has 0 aromatic heterocycles. The van der Waals surface area contributed by atoms with Crippen molar-refractivity contribution in [1.82, 2.24) is 4.90 Å². The van der Waals surface area contributed by atoms with Gasteiger partial charge in [-0.25, -0.2) is 0 Å². The second kappa shape index (κ2) is 6.28. The van der Waals surface area contributed by atoms with Crippen LogP contribution in [0.2, 0.25) is 0 Å². The monoisotopic (exact) mass is 305 g/mol. The first kappa shape index (κ1) is 12.8. The zero-order valence-corrected chi connectivity index (χ0v) is 9.75. The summed E-state index contributed by atoms with van der Waals surface area (Å²) in [4.78, 5) is 1.69. The Labute approximate surface area is 88.4 Å². The molecule has 12 heavy (non-hydrogen) atoms. The average Bonchev–Trinajstić information content (AvgIpc) is 2.04. The molecule has 0 unspecified atom stereocenters. The Morgan fingerprint density at radius 3 is 1.67 bits per heavy atom. The van der Waals surface area contributed by atoms with Crippen molar-refractivity contribution < 1.29 is 15.3 Å². The molecule has 0 aliphatic carbocycles. The molecule has 0 atom stereocenters. The molecular weight excluding hydrogens is 294 g/mol. The van der Waals surface area contributed by atoms with E-state index in [1.54, 1.807) is 4.90 Å². The summed E-state index contributed by atoms with van der Waals surface area (Å²) in [7, 11) is 0. The first-order chi connectivity index (χ1) is 5.58. The minimum Gasteiger partial charge on any atom is -0.395 e. The number of aliphatic hydroxyl groups is 3. The lowest BCUT2D eigenvalue weighted by molar-refractivity contribution is 0.114. The van der Waals surface area contributed by atoms with E-state index in [2.05, 4.69) is 31.9 Å². The lowest BCUT2D eigenvalue weighted by Gasteiger charge is -2.32. The van der Waals surface area contributed by atoms with Crippen molar-refractivity contribution in [2.24, 2.45) is 0 Å². The van der Waals surface area contributed by atoms with E-state index in [9.17, 15) is 0 Å². The van der Waals surface area contributed by atoms with Crippen LogP contribution in [0.1, 0.15) is 0 Å². The summed E-state index contributed by atoms with van der Waals surface area (Å²) in [5, 5.41) is 26.3. The van der Waals surface area contributed by atoms with E-state index in [4.69, 9.17) is 15.3 Å². The molecule has 74 valence electrons. The minimum atomic E-state index is -0.745. The van der Waals surface area contributed by atoms with Crippen LogP contribution in [-0.2, 0) is 0 Å². The van der Waals surface area contributed by atoms with Crippen molar-refractivity contribution in [2.45, 2.75) is 3.36 Å². The van der Waals surface area contributed by atoms with Crippen LogP contribution in [0.15, 0.2) is 0 Å². The molecule has 0 spiro atoms. The maximum Gasteiger partial charge on any atom is 0.156 e. The molecule has 4 nitrogen and oxygen atoms in total. The fourth-order valence-corrected chi connectivity index (χ4v) is 1.49. The number of hydrogen-bond acceptors (Lipinski definition) is 4. The van der Waals surface area contributed by atoms with Gasteiger partial charge in [-0.3, -0.25) is 4.90 Å². The highest BCUT2D eigenvalue weighted by Crippen LogP contribution is 2.29. The van der Waals surface area contributed by atoms with Gasteiger partial charge in [0, 0.05) is 13.1 Å². The molecule has 6 heteroatoms. The Hall–Kier alpha value is 0.800. The van der Waals surface area contributed by atoms with Crippen molar-refractivity contribution >= 4 is 31.9 Å². The first-order valence-electron chi connectivity index (χ1n) is 3.54. The quantitative estimate of drug-likeness (QED) is 0.466. The maximum atomic E-state index is 8.92. The van der Waals surface area contributed by atoms with Gasteiger partial charge < -0.3 is 15.3 Å². The van der Waals surface area contributed by atoms with Crippen molar-refractivity contribution in [2.75, 3.05) is 32.9 Å². The minimum absolute atomic E-state index is 0.0149. The van der Waals surface area contributed by atoms with Crippen molar-refractivity contribution in [3.8, 4) is 0 Å². The summed E-state index contributed by atoms with van der Waals surface area (Å²) >= 11 is 6.44. The molecule has 0 fully saturated rings. The number of alkyl halides is 2. The molecule has 0 aromatic rings. The van der Waals surface area contributed by atoms with E-state index in [1.807, 2.05) is 0 Å². The van der Waals surface area contributed by atoms with Gasteiger partial charge in [-0.15, -0.1) is 0 Å². The largest absolute Gasteiger partial charge is 0.395 e. The zero-order chi connectivity index (χ0) is 9.61. The van der Waals surface area contributed by atoms with E-state index in [0.29, 0.717) is 13.1 Å². The average molecular weight is 307 g/mol. The number of halogens is 2. The fraction of sp³-hybridized carbons (Fsp3) is 1.00. The van der Waals surface area contributed by atoms with Crippen LogP contribution >= 0.6 is 31.9 Å². The van der Waals surface area contributed by atoms with Gasteiger partial charge in [-0.05, 0) is 0 Å². The van der Waals surface area contributed by atoms with Crippen LogP contribution in [-0.4, -0.2) is 56.5 Å². The maximum absolute atomic E-state index is 8.92. The van der Waals surface area contributed by atoms with E-state index in [1.165, 1.54) is 0 Å². The molecule has 0 aliphatic heterocycles. The van der Waals surface area contributed by atoms with E-state index in [0.717, 1.165) is 0 Å². The Morgan fingerprint density at radius 1 is 1.00 bits per heavy atom. The Morgan fingerprint density at radius 2 is 1.42 bits per heavy atom. The summed E-state index contributed by atoms with van der Waals surface area (Å²) in [5.41, 5.74) is 0. The lowest BCUT2D eigenvalue weighted by Crippen LogP contribution is -2.44. The zero-order valence-electron chi connectivity index (χ0n) is 6.58. The molecule has 0 aliphatic rings. The molecule has 0 bridgehead atoms. The molecule has 0 radical (unpaired) electrons. The van der Waals surface area contributed by atoms with Gasteiger partial charge in [0.1, 0.15) is 0 Å². The second-order valence-electron chi connectivity index (χ2n) is 2.26. The van der Waals surface area contributed by atoms with Crippen molar-refractivity contribution in [1.29, 1.82) is 0 Å². The molecule has 3 N–H and O–H groups in total. The van der Waals surface area contributed by atoms with E-state index >= 15 is 0 Å². The second-order valence-corrected chi connectivity index (χ2v) is 5.95. The van der Waals surface area contributed by atoms with Crippen LogP contribution in [0.5, 0.6) is 0 Å². The summed E-state index contributed by atoms with van der Waals surface area (Å²) in [6, 6.07) is 0. The molecule has 0 heterocycles. The Bertz CT molecular complexity index is 117. The number of hydrogen-bond donors (Lipinski definition) is 3. The van der Waals surface area contributed by atoms with Gasteiger partial charge in [0.05, 0.1) is 19.8 Å². The van der Waals surface area contributed by atoms with Gasteiger partial charge in [0.2, 0.25) is 0 Å². The highest BCUT2D eigenvalue weighted by atomic mass is 79.9. The SMILES string of the molecule is OCCN(CCO)C(Br)(Br)CO. The van der Waals surface area contributed by atoms with Crippen LogP contribution in [0, 0.1) is 0 Å². The molecule has 0 saturated heterocycles. The molecule has 0 amide bonds. The van der Waals surface area contributed by atoms with Crippen molar-refractivity contribution in [3.05, 3.63) is 0 Å². The standard InChI is InChI=1S/C6H13Br2NO3/c7-6(8,5-12)9(1-3-10)2-4-11/h10-12H,1-5H2. The van der Waals surface area contributed by atoms with Crippen molar-refractivity contribution in [3.63, 3.8) is 0 Å². The topological polar surface area (TPSA) is 63.9 Å². The summed E-state index contributed by atoms with van der Waals surface area (Å²) in [5.74, 6) is 0. The van der Waals surface area contributed by atoms with Gasteiger partial charge in [0.15, 0.2) is 3.36 Å². The van der Waals surface area contributed by atoms with E-state index in [-0.39, 0.29) is 19.8 Å². The van der Waals surface area contributed by atoms with Gasteiger partial charge in [-0.1, -0.05) is 31.9 Å². The Kier molecular flexibility index (Phi) is 6.70. The highest BCUT2D eigenvalue weighted by molar-refractivity contribution is 9.25. The van der Waals surface area contributed by atoms with Crippen LogP contribution in [0.25, 0.3) is 0 Å². The predicted molar refractivity (Wildman–Crippen MR) is 53.4 cm³/mol. The van der Waals surface area contributed by atoms with Gasteiger partial charge in [-0.2, -0.15) is 0 Å². The summed E-state index contributed by atoms with van der Waals surface area (Å²) in [6.45, 7) is 0.597. The lowest BCUT2D eigenvalue weighted by atomic mass is 10.4. The van der Waals surface area contributed by atoms with Crippen LogP contribution in [0.4, 0.5) is 0 Å². The highest BCUT2D eigenvalue weighted by Gasteiger charge is 2.29. The molecule has 0 aromatic carbocycles. The molecular formula is C6H13Br2NO3. The van der Waals surface area contributed by atoms with Gasteiger partial charge in [0.25, 0.3) is 0 Å². The summed E-state index contributed by atoms with van der Waals surface area (Å²) < 4.78 is -0.745. The summed E-state index contributed by atoms with van der Waals surface area (Å²) in [6.07, 6.45) is 0. The number of rotatable bonds is 6. The Balaban J connectivity index is 4.07. The third-order valence-corrected chi connectivity index (χ3v) is 2.90. The van der Waals surface area contributed by atoms with Crippen LogP contribution < -0.4 is 0 Å². The van der Waals surface area contributed by atoms with Crippen LogP contribution in [0.3, 0.4) is 0 Å². The number of aliphatic hydroxyl groups excluding tert-OH is 3. The normalized spacial score (nSPS) is 12.5. The fourth-order valence-electron chi connectivity index (χ4n) is 0.780. The third-order valence-electron chi connectivity index (χ3n) is 1.39. The first-order valence-corrected chi connectivity index (χ1v) is 5.12. The number of nitrogens with zero attached hydrogens (tertiary/aromatic N) is 1. The smallest absolute Gasteiger partial charge is 0.156 e. The van der Waals surface area contributed by atoms with E-state index < -0.39 is 3.36 Å². The third kappa shape index (κ3) is 4.15. The van der Waals surface area contributed by atoms with Gasteiger partial charge >= 0.3 is 0 Å².